The van der Waals surface area contributed by atoms with E-state index in [9.17, 15) is 4.79 Å². The molecule has 0 aliphatic carbocycles. The van der Waals surface area contributed by atoms with Crippen LogP contribution in [0.3, 0.4) is 0 Å². The molecule has 0 N–H and O–H groups in total. The number of Topliss-reactive ketones (excluding diaryl/α,β-unsaturated/α-hetero) is 1. The van der Waals surface area contributed by atoms with Crippen molar-refractivity contribution in [2.45, 2.75) is 12.8 Å². The number of benzene rings is 1. The fourth-order valence-corrected chi connectivity index (χ4v) is 2.23. The van der Waals surface area contributed by atoms with E-state index in [0.29, 0.717) is 12.2 Å². The zero-order valence-electron chi connectivity index (χ0n) is 12.2. The lowest BCUT2D eigenvalue weighted by molar-refractivity contribution is 0.0358. The number of morpholine rings is 1. The van der Waals surface area contributed by atoms with E-state index in [1.165, 1.54) is 0 Å². The van der Waals surface area contributed by atoms with Crippen LogP contribution in [0.2, 0.25) is 0 Å². The number of terminal acetylenes is 1. The monoisotopic (exact) mass is 287 g/mol. The molecule has 2 rings (SSSR count). The van der Waals surface area contributed by atoms with Gasteiger partial charge in [-0.3, -0.25) is 9.69 Å². The Bertz CT molecular complexity index is 484. The van der Waals surface area contributed by atoms with Crippen LogP contribution in [0.1, 0.15) is 23.2 Å². The molecule has 1 aliphatic rings. The summed E-state index contributed by atoms with van der Waals surface area (Å²) in [7, 11) is 0. The zero-order valence-corrected chi connectivity index (χ0v) is 12.2. The minimum atomic E-state index is -0.0311. The maximum atomic E-state index is 11.6. The Labute approximate surface area is 126 Å². The Hall–Kier alpha value is -1.83. The van der Waals surface area contributed by atoms with Crippen LogP contribution in [0.15, 0.2) is 24.3 Å². The molecule has 21 heavy (non-hydrogen) atoms. The average molecular weight is 287 g/mol. The maximum Gasteiger partial charge on any atom is 0.174 e. The van der Waals surface area contributed by atoms with Gasteiger partial charge in [-0.2, -0.15) is 0 Å². The smallest absolute Gasteiger partial charge is 0.174 e. The second-order valence-corrected chi connectivity index (χ2v) is 4.98. The molecule has 1 saturated heterocycles. The molecule has 1 heterocycles. The minimum Gasteiger partial charge on any atom is -0.494 e. The average Bonchev–Trinajstić information content (AvgIpc) is 2.53. The van der Waals surface area contributed by atoms with Gasteiger partial charge in [0, 0.05) is 25.2 Å². The molecule has 0 saturated carbocycles. The van der Waals surface area contributed by atoms with Gasteiger partial charge in [-0.05, 0) is 30.7 Å². The van der Waals surface area contributed by atoms with Crippen LogP contribution in [0, 0.1) is 12.3 Å². The van der Waals surface area contributed by atoms with Gasteiger partial charge in [0.1, 0.15) is 5.75 Å². The van der Waals surface area contributed by atoms with Crippen molar-refractivity contribution in [3.8, 4) is 18.1 Å². The van der Waals surface area contributed by atoms with E-state index in [2.05, 4.69) is 10.8 Å². The van der Waals surface area contributed by atoms with Crippen molar-refractivity contribution in [3.63, 3.8) is 0 Å². The molecule has 0 radical (unpaired) electrons. The highest BCUT2D eigenvalue weighted by Gasteiger charge is 2.09. The van der Waals surface area contributed by atoms with Crippen LogP contribution in [0.4, 0.5) is 0 Å². The number of carbonyl (C=O) groups excluding carboxylic acids is 1. The molecule has 1 aliphatic heterocycles. The fraction of sp³-hybridized carbons (Fsp3) is 0.471. The molecule has 0 bridgehead atoms. The summed E-state index contributed by atoms with van der Waals surface area (Å²) in [6.07, 6.45) is 6.25. The number of hydrogen-bond donors (Lipinski definition) is 0. The Morgan fingerprint density at radius 2 is 2.00 bits per heavy atom. The summed E-state index contributed by atoms with van der Waals surface area (Å²) in [5.41, 5.74) is 0.633. The van der Waals surface area contributed by atoms with Crippen molar-refractivity contribution in [2.75, 3.05) is 39.5 Å². The summed E-state index contributed by atoms with van der Waals surface area (Å²) in [5, 5.41) is 0. The van der Waals surface area contributed by atoms with Gasteiger partial charge in [-0.1, -0.05) is 5.92 Å². The summed E-state index contributed by atoms with van der Waals surface area (Å²) < 4.78 is 11.0. The van der Waals surface area contributed by atoms with Crippen LogP contribution < -0.4 is 4.74 Å². The van der Waals surface area contributed by atoms with E-state index in [1.54, 1.807) is 12.1 Å². The summed E-state index contributed by atoms with van der Waals surface area (Å²) in [6.45, 7) is 5.37. The minimum absolute atomic E-state index is 0.0311. The second-order valence-electron chi connectivity index (χ2n) is 4.98. The van der Waals surface area contributed by atoms with Crippen LogP contribution >= 0.6 is 0 Å². The maximum absolute atomic E-state index is 11.6. The predicted molar refractivity (Wildman–Crippen MR) is 81.6 cm³/mol. The molecule has 0 unspecified atom stereocenters. The van der Waals surface area contributed by atoms with E-state index in [1.807, 2.05) is 12.1 Å². The molecule has 1 fully saturated rings. The lowest BCUT2D eigenvalue weighted by Crippen LogP contribution is -2.37. The van der Waals surface area contributed by atoms with Gasteiger partial charge in [0.05, 0.1) is 26.2 Å². The summed E-state index contributed by atoms with van der Waals surface area (Å²) in [5.74, 6) is 3.11. The molecule has 0 spiro atoms. The first-order chi connectivity index (χ1) is 10.3. The summed E-state index contributed by atoms with van der Waals surface area (Å²) in [4.78, 5) is 14.0. The Morgan fingerprint density at radius 1 is 1.29 bits per heavy atom. The van der Waals surface area contributed by atoms with Gasteiger partial charge >= 0.3 is 0 Å². The molecule has 1 aromatic rings. The van der Waals surface area contributed by atoms with Crippen LogP contribution in [0.25, 0.3) is 0 Å². The van der Waals surface area contributed by atoms with Gasteiger partial charge in [0.2, 0.25) is 0 Å². The van der Waals surface area contributed by atoms with E-state index >= 15 is 0 Å². The highest BCUT2D eigenvalue weighted by molar-refractivity contribution is 5.97. The van der Waals surface area contributed by atoms with Crippen molar-refractivity contribution in [2.24, 2.45) is 0 Å². The molecule has 4 nitrogen and oxygen atoms in total. The van der Waals surface area contributed by atoms with Crippen molar-refractivity contribution >= 4 is 5.78 Å². The summed E-state index contributed by atoms with van der Waals surface area (Å²) in [6, 6.07) is 7.16. The van der Waals surface area contributed by atoms with Crippen molar-refractivity contribution in [3.05, 3.63) is 29.8 Å². The molecule has 0 aromatic heterocycles. The van der Waals surface area contributed by atoms with E-state index in [0.717, 1.165) is 45.0 Å². The number of nitrogens with zero attached hydrogens (tertiary/aromatic N) is 1. The SMILES string of the molecule is C#CCC(=O)c1ccc(OCCCN2CCOCC2)cc1. The first-order valence-electron chi connectivity index (χ1n) is 7.29. The standard InChI is InChI=1S/C17H21NO3/c1-2-4-17(19)15-5-7-16(8-6-15)21-12-3-9-18-10-13-20-14-11-18/h1,5-8H,3-4,9-14H2. The van der Waals surface area contributed by atoms with Crippen LogP contribution in [-0.2, 0) is 4.74 Å². The van der Waals surface area contributed by atoms with E-state index in [-0.39, 0.29) is 12.2 Å². The largest absolute Gasteiger partial charge is 0.494 e. The molecule has 0 amide bonds. The van der Waals surface area contributed by atoms with Crippen molar-refractivity contribution in [1.82, 2.24) is 4.90 Å². The molecule has 4 heteroatoms. The third-order valence-electron chi connectivity index (χ3n) is 3.43. The van der Waals surface area contributed by atoms with Crippen molar-refractivity contribution in [1.29, 1.82) is 0 Å². The Kier molecular flexibility index (Phi) is 6.26. The number of ether oxygens (including phenoxy) is 2. The molecule has 112 valence electrons. The van der Waals surface area contributed by atoms with Gasteiger partial charge in [-0.15, -0.1) is 6.42 Å². The van der Waals surface area contributed by atoms with Crippen LogP contribution in [-0.4, -0.2) is 50.1 Å². The first-order valence-corrected chi connectivity index (χ1v) is 7.29. The molecular weight excluding hydrogens is 266 g/mol. The third-order valence-corrected chi connectivity index (χ3v) is 3.43. The predicted octanol–water partition coefficient (Wildman–Crippen LogP) is 1.99. The van der Waals surface area contributed by atoms with E-state index < -0.39 is 0 Å². The molecule has 0 atom stereocenters. The summed E-state index contributed by atoms with van der Waals surface area (Å²) >= 11 is 0. The lowest BCUT2D eigenvalue weighted by Gasteiger charge is -2.26. The van der Waals surface area contributed by atoms with Gasteiger partial charge < -0.3 is 9.47 Å². The number of ketones is 1. The first kappa shape index (κ1) is 15.6. The van der Waals surface area contributed by atoms with E-state index in [4.69, 9.17) is 15.9 Å². The van der Waals surface area contributed by atoms with Crippen molar-refractivity contribution < 1.29 is 14.3 Å². The topological polar surface area (TPSA) is 38.8 Å². The number of carbonyl (C=O) groups is 1. The Balaban J connectivity index is 1.68. The fourth-order valence-electron chi connectivity index (χ4n) is 2.23. The molecule has 1 aromatic carbocycles. The van der Waals surface area contributed by atoms with Gasteiger partial charge in [0.15, 0.2) is 5.78 Å². The highest BCUT2D eigenvalue weighted by Crippen LogP contribution is 2.13. The number of hydrogen-bond acceptors (Lipinski definition) is 4. The zero-order chi connectivity index (χ0) is 14.9. The van der Waals surface area contributed by atoms with Gasteiger partial charge in [0.25, 0.3) is 0 Å². The molecular formula is C17H21NO3. The number of rotatable bonds is 7. The van der Waals surface area contributed by atoms with Gasteiger partial charge in [-0.25, -0.2) is 0 Å². The Morgan fingerprint density at radius 3 is 2.67 bits per heavy atom. The third kappa shape index (κ3) is 5.22. The highest BCUT2D eigenvalue weighted by atomic mass is 16.5. The quantitative estimate of drug-likeness (QED) is 0.437. The van der Waals surface area contributed by atoms with Crippen LogP contribution in [0.5, 0.6) is 5.75 Å². The second kappa shape index (κ2) is 8.46. The normalized spacial score (nSPS) is 15.4. The lowest BCUT2D eigenvalue weighted by atomic mass is 10.1.